The Hall–Kier alpha value is -0.0900. The number of hydrogen-bond donors (Lipinski definition) is 1. The highest BCUT2D eigenvalue weighted by Crippen LogP contribution is 2.25. The van der Waals surface area contributed by atoms with E-state index in [1.165, 1.54) is 0 Å². The topological polar surface area (TPSA) is 35.2 Å². The van der Waals surface area contributed by atoms with Crippen LogP contribution in [0.3, 0.4) is 0 Å². The molecular formula is C12H15BrClNO. The van der Waals surface area contributed by atoms with Crippen LogP contribution in [0.15, 0.2) is 22.7 Å². The lowest BCUT2D eigenvalue weighted by Gasteiger charge is -2.12. The Bertz CT molecular complexity index is 372. The van der Waals surface area contributed by atoms with E-state index < -0.39 is 0 Å². The molecule has 0 aromatic heterocycles. The molecule has 1 aliphatic rings. The number of rotatable bonds is 3. The van der Waals surface area contributed by atoms with Gasteiger partial charge in [-0.1, -0.05) is 33.6 Å². The number of ether oxygens (including phenoxy) is 1. The van der Waals surface area contributed by atoms with Gasteiger partial charge in [-0.2, -0.15) is 0 Å². The zero-order valence-electron chi connectivity index (χ0n) is 8.96. The summed E-state index contributed by atoms with van der Waals surface area (Å²) in [4.78, 5) is 0. The summed E-state index contributed by atoms with van der Waals surface area (Å²) in [5, 5.41) is 0.747. The van der Waals surface area contributed by atoms with Crippen molar-refractivity contribution >= 4 is 27.5 Å². The highest BCUT2D eigenvalue weighted by molar-refractivity contribution is 9.10. The Labute approximate surface area is 109 Å². The van der Waals surface area contributed by atoms with Gasteiger partial charge in [-0.3, -0.25) is 0 Å². The minimum absolute atomic E-state index is 0.301. The molecule has 2 rings (SSSR count). The van der Waals surface area contributed by atoms with Crippen LogP contribution in [0, 0.1) is 0 Å². The fourth-order valence-electron chi connectivity index (χ4n) is 1.97. The van der Waals surface area contributed by atoms with Crippen molar-refractivity contribution in [3.05, 3.63) is 33.3 Å². The molecule has 4 heteroatoms. The number of nitrogens with two attached hydrogens (primary N) is 1. The summed E-state index contributed by atoms with van der Waals surface area (Å²) in [5.74, 6) is 0. The van der Waals surface area contributed by atoms with E-state index in [4.69, 9.17) is 22.1 Å². The van der Waals surface area contributed by atoms with E-state index in [9.17, 15) is 0 Å². The smallest absolute Gasteiger partial charge is 0.0735 e. The molecule has 2 atom stereocenters. The van der Waals surface area contributed by atoms with Gasteiger partial charge in [-0.15, -0.1) is 0 Å². The van der Waals surface area contributed by atoms with E-state index in [1.807, 2.05) is 18.2 Å². The number of hydrogen-bond acceptors (Lipinski definition) is 2. The lowest BCUT2D eigenvalue weighted by molar-refractivity contribution is 0.0449. The van der Waals surface area contributed by atoms with Gasteiger partial charge in [0.25, 0.3) is 0 Å². The van der Waals surface area contributed by atoms with Crippen molar-refractivity contribution < 1.29 is 4.74 Å². The van der Waals surface area contributed by atoms with E-state index in [0.29, 0.717) is 18.8 Å². The molecule has 0 saturated heterocycles. The van der Waals surface area contributed by atoms with Crippen molar-refractivity contribution in [3.8, 4) is 0 Å². The van der Waals surface area contributed by atoms with E-state index in [-0.39, 0.29) is 0 Å². The van der Waals surface area contributed by atoms with Gasteiger partial charge in [0.15, 0.2) is 0 Å². The largest absolute Gasteiger partial charge is 0.373 e. The molecule has 0 bridgehead atoms. The molecule has 2 nitrogen and oxygen atoms in total. The average Bonchev–Trinajstić information content (AvgIpc) is 2.63. The van der Waals surface area contributed by atoms with E-state index in [0.717, 1.165) is 34.3 Å². The fourth-order valence-corrected chi connectivity index (χ4v) is 2.70. The van der Waals surface area contributed by atoms with Crippen LogP contribution in [0.2, 0.25) is 5.02 Å². The molecule has 0 amide bonds. The predicted octanol–water partition coefficient (Wildman–Crippen LogP) is 3.50. The van der Waals surface area contributed by atoms with Gasteiger partial charge >= 0.3 is 0 Å². The van der Waals surface area contributed by atoms with Crippen LogP contribution in [-0.2, 0) is 11.3 Å². The molecule has 2 unspecified atom stereocenters. The van der Waals surface area contributed by atoms with Crippen LogP contribution in [0.5, 0.6) is 0 Å². The number of benzene rings is 1. The standard InChI is InChI=1S/C12H15BrClNO/c13-9-2-1-8(12(14)5-9)7-16-11-4-3-10(15)6-11/h1-2,5,10-11H,3-4,6-7,15H2. The van der Waals surface area contributed by atoms with Gasteiger partial charge < -0.3 is 10.5 Å². The van der Waals surface area contributed by atoms with Gasteiger partial charge in [0, 0.05) is 15.5 Å². The molecule has 0 aliphatic heterocycles. The van der Waals surface area contributed by atoms with Crippen LogP contribution < -0.4 is 5.73 Å². The van der Waals surface area contributed by atoms with Crippen LogP contribution >= 0.6 is 27.5 Å². The molecule has 0 spiro atoms. The molecule has 2 N–H and O–H groups in total. The highest BCUT2D eigenvalue weighted by Gasteiger charge is 2.22. The van der Waals surface area contributed by atoms with Gasteiger partial charge in [0.05, 0.1) is 12.7 Å². The van der Waals surface area contributed by atoms with Crippen molar-refractivity contribution in [2.24, 2.45) is 5.73 Å². The first kappa shape index (κ1) is 12.4. The quantitative estimate of drug-likeness (QED) is 0.927. The summed E-state index contributed by atoms with van der Waals surface area (Å²) in [7, 11) is 0. The Morgan fingerprint density at radius 2 is 2.25 bits per heavy atom. The second-order valence-electron chi connectivity index (χ2n) is 4.24. The molecule has 0 radical (unpaired) electrons. The summed E-state index contributed by atoms with van der Waals surface area (Å²) in [6, 6.07) is 6.16. The Kier molecular flexibility index (Phi) is 4.25. The first-order valence-corrected chi connectivity index (χ1v) is 6.63. The van der Waals surface area contributed by atoms with Crippen molar-refractivity contribution in [2.45, 2.75) is 38.0 Å². The SMILES string of the molecule is NC1CCC(OCc2ccc(Br)cc2Cl)C1. The molecule has 0 heterocycles. The first-order valence-electron chi connectivity index (χ1n) is 5.46. The second-order valence-corrected chi connectivity index (χ2v) is 5.56. The summed E-state index contributed by atoms with van der Waals surface area (Å²) in [6.45, 7) is 0.573. The molecular weight excluding hydrogens is 289 g/mol. The highest BCUT2D eigenvalue weighted by atomic mass is 79.9. The first-order chi connectivity index (χ1) is 7.65. The predicted molar refractivity (Wildman–Crippen MR) is 69.6 cm³/mol. The molecule has 1 aliphatic carbocycles. The van der Waals surface area contributed by atoms with Crippen LogP contribution in [0.1, 0.15) is 24.8 Å². The van der Waals surface area contributed by atoms with Crippen molar-refractivity contribution in [2.75, 3.05) is 0 Å². The lowest BCUT2D eigenvalue weighted by atomic mass is 10.2. The fraction of sp³-hybridized carbons (Fsp3) is 0.500. The van der Waals surface area contributed by atoms with E-state index in [2.05, 4.69) is 15.9 Å². The summed E-state index contributed by atoms with van der Waals surface area (Å²) >= 11 is 9.49. The average molecular weight is 305 g/mol. The third kappa shape index (κ3) is 3.20. The number of halogens is 2. The second kappa shape index (κ2) is 5.50. The Morgan fingerprint density at radius 3 is 2.88 bits per heavy atom. The minimum atomic E-state index is 0.301. The van der Waals surface area contributed by atoms with Crippen LogP contribution in [0.25, 0.3) is 0 Å². The van der Waals surface area contributed by atoms with E-state index in [1.54, 1.807) is 0 Å². The van der Waals surface area contributed by atoms with Crippen LogP contribution in [-0.4, -0.2) is 12.1 Å². The maximum absolute atomic E-state index is 6.11. The molecule has 1 aromatic carbocycles. The third-order valence-corrected chi connectivity index (χ3v) is 3.76. The Morgan fingerprint density at radius 1 is 1.44 bits per heavy atom. The zero-order chi connectivity index (χ0) is 11.5. The van der Waals surface area contributed by atoms with Gasteiger partial charge in [-0.25, -0.2) is 0 Å². The van der Waals surface area contributed by atoms with Crippen molar-refractivity contribution in [3.63, 3.8) is 0 Å². The third-order valence-electron chi connectivity index (χ3n) is 2.91. The monoisotopic (exact) mass is 303 g/mol. The van der Waals surface area contributed by atoms with E-state index >= 15 is 0 Å². The van der Waals surface area contributed by atoms with Crippen LogP contribution in [0.4, 0.5) is 0 Å². The molecule has 88 valence electrons. The zero-order valence-corrected chi connectivity index (χ0v) is 11.3. The maximum Gasteiger partial charge on any atom is 0.0735 e. The van der Waals surface area contributed by atoms with Gasteiger partial charge in [0.1, 0.15) is 0 Å². The molecule has 1 fully saturated rings. The summed E-state index contributed by atoms with van der Waals surface area (Å²) < 4.78 is 6.79. The maximum atomic E-state index is 6.11. The van der Waals surface area contributed by atoms with Crippen molar-refractivity contribution in [1.82, 2.24) is 0 Å². The normalized spacial score (nSPS) is 24.9. The molecule has 1 aromatic rings. The summed E-state index contributed by atoms with van der Waals surface area (Å²) in [6.07, 6.45) is 3.40. The van der Waals surface area contributed by atoms with Crippen molar-refractivity contribution in [1.29, 1.82) is 0 Å². The van der Waals surface area contributed by atoms with Gasteiger partial charge in [0.2, 0.25) is 0 Å². The molecule has 16 heavy (non-hydrogen) atoms. The summed E-state index contributed by atoms with van der Waals surface area (Å²) in [5.41, 5.74) is 6.86. The molecule has 1 saturated carbocycles. The lowest BCUT2D eigenvalue weighted by Crippen LogP contribution is -2.17. The minimum Gasteiger partial charge on any atom is -0.373 e. The van der Waals surface area contributed by atoms with Gasteiger partial charge in [-0.05, 0) is 37.0 Å². The Balaban J connectivity index is 1.89.